The average Bonchev–Trinajstić information content (AvgIpc) is 2.58. The molecule has 4 nitrogen and oxygen atoms in total. The minimum atomic E-state index is -0.189. The zero-order valence-electron chi connectivity index (χ0n) is 13.3. The molecular formula is C17H22FN4S+. The summed E-state index contributed by atoms with van der Waals surface area (Å²) in [6, 6.07) is 6.86. The number of nitrogens with one attached hydrogen (secondary N) is 1. The normalized spacial score (nSPS) is 15.0. The van der Waals surface area contributed by atoms with Crippen molar-refractivity contribution < 1.29 is 8.96 Å². The highest BCUT2D eigenvalue weighted by Gasteiger charge is 2.23. The molecule has 2 heterocycles. The van der Waals surface area contributed by atoms with Crippen molar-refractivity contribution in [1.82, 2.24) is 10.3 Å². The Morgan fingerprint density at radius 1 is 1.30 bits per heavy atom. The Kier molecular flexibility index (Phi) is 5.46. The zero-order chi connectivity index (χ0) is 16.1. The van der Waals surface area contributed by atoms with Crippen molar-refractivity contribution in [3.8, 4) is 0 Å². The van der Waals surface area contributed by atoms with Gasteiger partial charge in [0.1, 0.15) is 12.0 Å². The molecule has 3 rings (SSSR count). The molecule has 122 valence electrons. The van der Waals surface area contributed by atoms with Gasteiger partial charge in [0.25, 0.3) is 0 Å². The number of aryl methyl sites for hydroxylation is 1. The molecule has 1 aliphatic heterocycles. The zero-order valence-corrected chi connectivity index (χ0v) is 14.2. The van der Waals surface area contributed by atoms with Crippen LogP contribution in [0.4, 0.5) is 10.3 Å². The maximum Gasteiger partial charge on any atom is 0.394 e. The van der Waals surface area contributed by atoms with Crippen molar-refractivity contribution in [2.45, 2.75) is 29.7 Å². The fourth-order valence-corrected chi connectivity index (χ4v) is 3.53. The first-order chi connectivity index (χ1) is 11.3. The standard InChI is InChI=1S/C17H22FN4S/c1-2-9-22-13-14(23-16-6-4-3-5-15(16)18)12-20-17(22)21-10-7-19-8-11-21/h3-6,12-13,19H,2,7-11H2,1H3/q+1. The van der Waals surface area contributed by atoms with E-state index in [4.69, 9.17) is 0 Å². The van der Waals surface area contributed by atoms with E-state index in [1.54, 1.807) is 12.1 Å². The second-order valence-electron chi connectivity index (χ2n) is 5.55. The molecule has 1 aromatic carbocycles. The molecule has 1 N–H and O–H groups in total. The van der Waals surface area contributed by atoms with E-state index in [1.807, 2.05) is 12.3 Å². The first-order valence-electron chi connectivity index (χ1n) is 8.05. The summed E-state index contributed by atoms with van der Waals surface area (Å²) in [5, 5.41) is 3.36. The Hall–Kier alpha value is -1.66. The number of benzene rings is 1. The van der Waals surface area contributed by atoms with E-state index in [2.05, 4.69) is 32.9 Å². The Balaban J connectivity index is 1.85. The van der Waals surface area contributed by atoms with Gasteiger partial charge in [0.05, 0.1) is 30.7 Å². The summed E-state index contributed by atoms with van der Waals surface area (Å²) >= 11 is 1.42. The fraction of sp³-hybridized carbons (Fsp3) is 0.412. The number of hydrogen-bond acceptors (Lipinski definition) is 4. The van der Waals surface area contributed by atoms with E-state index in [0.29, 0.717) is 4.90 Å². The second kappa shape index (κ2) is 7.75. The summed E-state index contributed by atoms with van der Waals surface area (Å²) in [5.41, 5.74) is 0. The lowest BCUT2D eigenvalue weighted by molar-refractivity contribution is -0.689. The van der Waals surface area contributed by atoms with Gasteiger partial charge in [-0.25, -0.2) is 8.96 Å². The van der Waals surface area contributed by atoms with Crippen LogP contribution in [-0.4, -0.2) is 31.2 Å². The molecule has 1 fully saturated rings. The maximum atomic E-state index is 13.8. The fourth-order valence-electron chi connectivity index (χ4n) is 2.68. The predicted molar refractivity (Wildman–Crippen MR) is 90.3 cm³/mol. The number of aromatic nitrogens is 2. The van der Waals surface area contributed by atoms with E-state index >= 15 is 0 Å². The van der Waals surface area contributed by atoms with Gasteiger partial charge in [-0.3, -0.25) is 4.90 Å². The van der Waals surface area contributed by atoms with Gasteiger partial charge in [0.15, 0.2) is 0 Å². The minimum absolute atomic E-state index is 0.189. The number of halogens is 1. The van der Waals surface area contributed by atoms with Gasteiger partial charge in [-0.2, -0.15) is 0 Å². The van der Waals surface area contributed by atoms with Crippen molar-refractivity contribution >= 4 is 17.7 Å². The van der Waals surface area contributed by atoms with Crippen LogP contribution < -0.4 is 14.8 Å². The Bertz CT molecular complexity index is 659. The van der Waals surface area contributed by atoms with Gasteiger partial charge in [-0.15, -0.1) is 0 Å². The van der Waals surface area contributed by atoms with Crippen LogP contribution in [0.3, 0.4) is 0 Å². The van der Waals surface area contributed by atoms with Crippen molar-refractivity contribution in [2.75, 3.05) is 31.1 Å². The number of piperazine rings is 1. The highest BCUT2D eigenvalue weighted by Crippen LogP contribution is 2.28. The summed E-state index contributed by atoms with van der Waals surface area (Å²) in [6.45, 7) is 6.98. The summed E-state index contributed by atoms with van der Waals surface area (Å²) in [5.74, 6) is 0.817. The average molecular weight is 333 g/mol. The van der Waals surface area contributed by atoms with Crippen LogP contribution in [0.15, 0.2) is 46.5 Å². The molecule has 0 atom stereocenters. The molecular weight excluding hydrogens is 311 g/mol. The number of anilines is 1. The van der Waals surface area contributed by atoms with Gasteiger partial charge in [0.2, 0.25) is 0 Å². The predicted octanol–water partition coefficient (Wildman–Crippen LogP) is 2.48. The van der Waals surface area contributed by atoms with E-state index in [9.17, 15) is 4.39 Å². The van der Waals surface area contributed by atoms with E-state index in [0.717, 1.165) is 50.0 Å². The topological polar surface area (TPSA) is 32.0 Å². The number of rotatable bonds is 5. The lowest BCUT2D eigenvalue weighted by Crippen LogP contribution is -2.50. The van der Waals surface area contributed by atoms with Crippen molar-refractivity contribution in [2.24, 2.45) is 0 Å². The summed E-state index contributed by atoms with van der Waals surface area (Å²) in [7, 11) is 0. The first-order valence-corrected chi connectivity index (χ1v) is 8.87. The van der Waals surface area contributed by atoms with Crippen LogP contribution in [-0.2, 0) is 6.54 Å². The van der Waals surface area contributed by atoms with E-state index in [-0.39, 0.29) is 5.82 Å². The third-order valence-electron chi connectivity index (χ3n) is 3.78. The third kappa shape index (κ3) is 4.00. The minimum Gasteiger partial charge on any atom is -0.310 e. The van der Waals surface area contributed by atoms with Gasteiger partial charge in [-0.1, -0.05) is 35.8 Å². The van der Waals surface area contributed by atoms with Crippen LogP contribution in [0.2, 0.25) is 0 Å². The molecule has 1 aliphatic rings. The Morgan fingerprint density at radius 2 is 2.09 bits per heavy atom. The largest absolute Gasteiger partial charge is 0.394 e. The maximum absolute atomic E-state index is 13.8. The Labute approximate surface area is 140 Å². The second-order valence-corrected chi connectivity index (χ2v) is 6.67. The lowest BCUT2D eigenvalue weighted by atomic mass is 10.3. The monoisotopic (exact) mass is 333 g/mol. The van der Waals surface area contributed by atoms with Gasteiger partial charge < -0.3 is 5.32 Å². The molecule has 0 amide bonds. The van der Waals surface area contributed by atoms with E-state index in [1.165, 1.54) is 17.8 Å². The van der Waals surface area contributed by atoms with Gasteiger partial charge in [0, 0.05) is 18.0 Å². The molecule has 2 aromatic rings. The van der Waals surface area contributed by atoms with Crippen molar-refractivity contribution in [3.63, 3.8) is 0 Å². The summed E-state index contributed by atoms with van der Waals surface area (Å²) in [4.78, 5) is 8.57. The van der Waals surface area contributed by atoms with Crippen LogP contribution >= 0.6 is 11.8 Å². The van der Waals surface area contributed by atoms with Crippen LogP contribution in [0.1, 0.15) is 13.3 Å². The third-order valence-corrected chi connectivity index (χ3v) is 4.77. The SMILES string of the molecule is CCC[n+]1cc(Sc2ccccc2F)cnc1N1CCNCC1. The van der Waals surface area contributed by atoms with Crippen LogP contribution in [0.25, 0.3) is 0 Å². The van der Waals surface area contributed by atoms with Crippen LogP contribution in [0.5, 0.6) is 0 Å². The highest BCUT2D eigenvalue weighted by atomic mass is 32.2. The molecule has 0 bridgehead atoms. The number of hydrogen-bond donors (Lipinski definition) is 1. The van der Waals surface area contributed by atoms with Gasteiger partial charge in [-0.05, 0) is 18.6 Å². The first kappa shape index (κ1) is 16.2. The summed E-state index contributed by atoms with van der Waals surface area (Å²) < 4.78 is 16.0. The lowest BCUT2D eigenvalue weighted by Gasteiger charge is -2.23. The molecule has 1 aromatic heterocycles. The quantitative estimate of drug-likeness (QED) is 0.852. The summed E-state index contributed by atoms with van der Waals surface area (Å²) in [6.07, 6.45) is 4.98. The molecule has 0 radical (unpaired) electrons. The molecule has 0 saturated carbocycles. The molecule has 1 saturated heterocycles. The van der Waals surface area contributed by atoms with Gasteiger partial charge >= 0.3 is 5.95 Å². The molecule has 23 heavy (non-hydrogen) atoms. The molecule has 0 aliphatic carbocycles. The smallest absolute Gasteiger partial charge is 0.310 e. The number of nitrogens with zero attached hydrogens (tertiary/aromatic N) is 3. The van der Waals surface area contributed by atoms with Crippen LogP contribution in [0, 0.1) is 5.82 Å². The molecule has 0 spiro atoms. The molecule has 6 heteroatoms. The highest BCUT2D eigenvalue weighted by molar-refractivity contribution is 7.99. The van der Waals surface area contributed by atoms with E-state index < -0.39 is 0 Å². The van der Waals surface area contributed by atoms with Crippen molar-refractivity contribution in [1.29, 1.82) is 0 Å². The van der Waals surface area contributed by atoms with Crippen molar-refractivity contribution in [3.05, 3.63) is 42.5 Å². The molecule has 0 unspecified atom stereocenters. The Morgan fingerprint density at radius 3 is 2.83 bits per heavy atom.